The molecule has 4 rings (SSSR count). The Labute approximate surface area is 217 Å². The molecule has 0 atom stereocenters. The van der Waals surface area contributed by atoms with Gasteiger partial charge in [-0.2, -0.15) is 0 Å². The van der Waals surface area contributed by atoms with Crippen LogP contribution >= 0.6 is 11.6 Å². The minimum atomic E-state index is -0.896. The molecule has 0 unspecified atom stereocenters. The molecule has 10 heteroatoms. The van der Waals surface area contributed by atoms with Crippen molar-refractivity contribution in [1.82, 2.24) is 5.32 Å². The van der Waals surface area contributed by atoms with Gasteiger partial charge in [0.05, 0.1) is 17.3 Å². The largest absolute Gasteiger partial charge is 0.490 e. The summed E-state index contributed by atoms with van der Waals surface area (Å²) >= 11 is 6.17. The van der Waals surface area contributed by atoms with Crippen LogP contribution in [-0.4, -0.2) is 37.0 Å². The number of halogens is 1. The second-order valence-corrected chi connectivity index (χ2v) is 8.16. The molecule has 0 bridgehead atoms. The fourth-order valence-electron chi connectivity index (χ4n) is 3.54. The Bertz CT molecular complexity index is 1390. The predicted molar refractivity (Wildman–Crippen MR) is 139 cm³/mol. The fourth-order valence-corrected chi connectivity index (χ4v) is 3.76. The Hall–Kier alpha value is -4.63. The average Bonchev–Trinajstić information content (AvgIpc) is 2.88. The first kappa shape index (κ1) is 25.5. The van der Waals surface area contributed by atoms with E-state index in [-0.39, 0.29) is 28.8 Å². The molecule has 5 amide bonds. The molecule has 1 saturated heterocycles. The Balaban J connectivity index is 1.55. The van der Waals surface area contributed by atoms with E-state index in [0.29, 0.717) is 29.4 Å². The highest BCUT2D eigenvalue weighted by molar-refractivity contribution is 6.42. The highest BCUT2D eigenvalue weighted by Gasteiger charge is 2.37. The Morgan fingerprint density at radius 1 is 0.973 bits per heavy atom. The third-order valence-electron chi connectivity index (χ3n) is 5.19. The van der Waals surface area contributed by atoms with E-state index in [1.165, 1.54) is 18.2 Å². The van der Waals surface area contributed by atoms with E-state index < -0.39 is 17.8 Å². The molecular formula is C27H22ClN3O6. The molecule has 37 heavy (non-hydrogen) atoms. The highest BCUT2D eigenvalue weighted by Crippen LogP contribution is 2.31. The summed E-state index contributed by atoms with van der Waals surface area (Å²) in [4.78, 5) is 51.1. The summed E-state index contributed by atoms with van der Waals surface area (Å²) in [5.74, 6) is -1.40. The van der Waals surface area contributed by atoms with Crippen LogP contribution in [0.1, 0.15) is 12.5 Å². The van der Waals surface area contributed by atoms with Gasteiger partial charge in [0.25, 0.3) is 17.7 Å². The van der Waals surface area contributed by atoms with Crippen LogP contribution in [0, 0.1) is 0 Å². The standard InChI is InChI=1S/C27H22ClN3O6/c1-2-36-23-15-17(12-13-22(23)37-16-24(32)29-18-8-4-3-5-9-18)14-19-25(33)30-27(35)31(26(19)34)21-11-7-6-10-20(21)28/h3-15H,2,16H2,1H3,(H,29,32)(H,30,33,35)/b19-14+. The van der Waals surface area contributed by atoms with Crippen molar-refractivity contribution in [2.45, 2.75) is 6.92 Å². The molecule has 3 aromatic carbocycles. The average molecular weight is 520 g/mol. The summed E-state index contributed by atoms with van der Waals surface area (Å²) in [6, 6.07) is 19.1. The van der Waals surface area contributed by atoms with Gasteiger partial charge in [-0.25, -0.2) is 9.69 Å². The minimum absolute atomic E-state index is 0.151. The smallest absolute Gasteiger partial charge is 0.335 e. The lowest BCUT2D eigenvalue weighted by Crippen LogP contribution is -2.54. The lowest BCUT2D eigenvalue weighted by Gasteiger charge is -2.27. The predicted octanol–water partition coefficient (Wildman–Crippen LogP) is 4.42. The van der Waals surface area contributed by atoms with Crippen molar-refractivity contribution in [1.29, 1.82) is 0 Å². The van der Waals surface area contributed by atoms with E-state index >= 15 is 0 Å². The number of rotatable bonds is 8. The molecular weight excluding hydrogens is 498 g/mol. The maximum Gasteiger partial charge on any atom is 0.335 e. The van der Waals surface area contributed by atoms with Crippen molar-refractivity contribution in [2.24, 2.45) is 0 Å². The minimum Gasteiger partial charge on any atom is -0.490 e. The number of carbonyl (C=O) groups excluding carboxylic acids is 4. The molecule has 0 radical (unpaired) electrons. The van der Waals surface area contributed by atoms with Crippen molar-refractivity contribution in [2.75, 3.05) is 23.4 Å². The van der Waals surface area contributed by atoms with Crippen LogP contribution in [0.4, 0.5) is 16.2 Å². The first-order valence-corrected chi connectivity index (χ1v) is 11.7. The van der Waals surface area contributed by atoms with Gasteiger partial charge in [0.2, 0.25) is 0 Å². The van der Waals surface area contributed by atoms with E-state index in [9.17, 15) is 19.2 Å². The highest BCUT2D eigenvalue weighted by atomic mass is 35.5. The van der Waals surface area contributed by atoms with Gasteiger partial charge in [-0.1, -0.05) is 48.0 Å². The molecule has 1 fully saturated rings. The number of hydrogen-bond donors (Lipinski definition) is 2. The lowest BCUT2D eigenvalue weighted by molar-refractivity contribution is -0.122. The molecule has 1 heterocycles. The van der Waals surface area contributed by atoms with Gasteiger partial charge in [0.15, 0.2) is 18.1 Å². The van der Waals surface area contributed by atoms with E-state index in [1.807, 2.05) is 6.07 Å². The monoisotopic (exact) mass is 519 g/mol. The second kappa shape index (κ2) is 11.4. The Morgan fingerprint density at radius 3 is 2.43 bits per heavy atom. The Morgan fingerprint density at radius 2 is 1.70 bits per heavy atom. The number of hydrogen-bond acceptors (Lipinski definition) is 6. The summed E-state index contributed by atoms with van der Waals surface area (Å²) in [6.45, 7) is 1.83. The van der Waals surface area contributed by atoms with Crippen LogP contribution < -0.4 is 25.0 Å². The van der Waals surface area contributed by atoms with Crippen LogP contribution in [0.2, 0.25) is 5.02 Å². The second-order valence-electron chi connectivity index (χ2n) is 7.75. The van der Waals surface area contributed by atoms with Crippen LogP contribution in [0.5, 0.6) is 11.5 Å². The zero-order valence-electron chi connectivity index (χ0n) is 19.7. The molecule has 9 nitrogen and oxygen atoms in total. The number of benzene rings is 3. The van der Waals surface area contributed by atoms with E-state index in [0.717, 1.165) is 4.90 Å². The van der Waals surface area contributed by atoms with Crippen molar-refractivity contribution >= 4 is 52.8 Å². The number of carbonyl (C=O) groups is 4. The summed E-state index contributed by atoms with van der Waals surface area (Å²) < 4.78 is 11.3. The zero-order valence-corrected chi connectivity index (χ0v) is 20.5. The van der Waals surface area contributed by atoms with E-state index in [1.54, 1.807) is 61.5 Å². The van der Waals surface area contributed by atoms with Gasteiger partial charge < -0.3 is 14.8 Å². The fraction of sp³-hybridized carbons (Fsp3) is 0.111. The number of nitrogens with zero attached hydrogens (tertiary/aromatic N) is 1. The van der Waals surface area contributed by atoms with Crippen LogP contribution in [-0.2, 0) is 14.4 Å². The van der Waals surface area contributed by atoms with Crippen molar-refractivity contribution < 1.29 is 28.7 Å². The quantitative estimate of drug-likeness (QED) is 0.336. The molecule has 0 aromatic heterocycles. The third-order valence-corrected chi connectivity index (χ3v) is 5.51. The normalized spacial score (nSPS) is 14.4. The number of ether oxygens (including phenoxy) is 2. The maximum atomic E-state index is 13.1. The Kier molecular flexibility index (Phi) is 7.85. The number of barbiturate groups is 1. The molecule has 0 spiro atoms. The van der Waals surface area contributed by atoms with Crippen LogP contribution in [0.25, 0.3) is 6.08 Å². The number of amides is 5. The van der Waals surface area contributed by atoms with Crippen molar-refractivity contribution in [3.8, 4) is 11.5 Å². The van der Waals surface area contributed by atoms with Gasteiger partial charge >= 0.3 is 6.03 Å². The summed E-state index contributed by atoms with van der Waals surface area (Å²) in [6.07, 6.45) is 1.34. The number of urea groups is 1. The topological polar surface area (TPSA) is 114 Å². The van der Waals surface area contributed by atoms with Crippen LogP contribution in [0.3, 0.4) is 0 Å². The zero-order chi connectivity index (χ0) is 26.4. The molecule has 2 N–H and O–H groups in total. The SMILES string of the molecule is CCOc1cc(/C=C2\C(=O)NC(=O)N(c3ccccc3Cl)C2=O)ccc1OCC(=O)Nc1ccccc1. The van der Waals surface area contributed by atoms with Gasteiger partial charge in [-0.05, 0) is 55.0 Å². The number of anilines is 2. The maximum absolute atomic E-state index is 13.1. The number of para-hydroxylation sites is 2. The van der Waals surface area contributed by atoms with Gasteiger partial charge in [0.1, 0.15) is 5.57 Å². The van der Waals surface area contributed by atoms with Gasteiger partial charge in [-0.3, -0.25) is 19.7 Å². The molecule has 1 aliphatic rings. The number of nitrogens with one attached hydrogen (secondary N) is 2. The number of imide groups is 2. The van der Waals surface area contributed by atoms with Crippen molar-refractivity contribution in [3.05, 3.63) is 89.0 Å². The van der Waals surface area contributed by atoms with E-state index in [2.05, 4.69) is 10.6 Å². The first-order chi connectivity index (χ1) is 17.9. The third kappa shape index (κ3) is 5.96. The summed E-state index contributed by atoms with van der Waals surface area (Å²) in [7, 11) is 0. The van der Waals surface area contributed by atoms with E-state index in [4.69, 9.17) is 21.1 Å². The molecule has 0 aliphatic carbocycles. The first-order valence-electron chi connectivity index (χ1n) is 11.3. The molecule has 1 aliphatic heterocycles. The molecule has 188 valence electrons. The lowest BCUT2D eigenvalue weighted by atomic mass is 10.1. The summed E-state index contributed by atoms with van der Waals surface area (Å²) in [5.41, 5.74) is 0.967. The van der Waals surface area contributed by atoms with Crippen molar-refractivity contribution in [3.63, 3.8) is 0 Å². The molecule has 3 aromatic rings. The summed E-state index contributed by atoms with van der Waals surface area (Å²) in [5, 5.41) is 5.06. The molecule has 0 saturated carbocycles. The van der Waals surface area contributed by atoms with Gasteiger partial charge in [0, 0.05) is 5.69 Å². The van der Waals surface area contributed by atoms with Gasteiger partial charge in [-0.15, -0.1) is 0 Å². The van der Waals surface area contributed by atoms with Crippen LogP contribution in [0.15, 0.2) is 78.4 Å².